The van der Waals surface area contributed by atoms with E-state index in [1.165, 1.54) is 17.6 Å². The van der Waals surface area contributed by atoms with E-state index in [9.17, 15) is 0 Å². The van der Waals surface area contributed by atoms with Crippen LogP contribution in [-0.2, 0) is 0 Å². The Kier molecular flexibility index (Phi) is 2.85. The van der Waals surface area contributed by atoms with Gasteiger partial charge in [0.25, 0.3) is 0 Å². The molecule has 0 bridgehead atoms. The molecule has 1 unspecified atom stereocenters. The molecule has 2 aliphatic carbocycles. The standard InChI is InChI=1S/C16H24Si/c1-12-11-16(4,14(3)13(12)2)17(5,6)15-9-7-8-10-15/h7-9,11H,10H2,1-6H3. The maximum Gasteiger partial charge on any atom is 0.0900 e. The van der Waals surface area contributed by atoms with Gasteiger partial charge in [0, 0.05) is 5.04 Å². The number of hydrogen-bond donors (Lipinski definition) is 0. The number of allylic oxidation sites excluding steroid dienone is 8. The van der Waals surface area contributed by atoms with Gasteiger partial charge in [-0.3, -0.25) is 0 Å². The van der Waals surface area contributed by atoms with E-state index in [4.69, 9.17) is 0 Å². The van der Waals surface area contributed by atoms with Crippen LogP contribution in [0, 0.1) is 0 Å². The zero-order valence-corrected chi connectivity index (χ0v) is 13.0. The van der Waals surface area contributed by atoms with E-state index in [0.717, 1.165) is 0 Å². The normalized spacial score (nSPS) is 28.8. The average molecular weight is 244 g/mol. The first-order chi connectivity index (χ1) is 7.80. The molecule has 92 valence electrons. The highest BCUT2D eigenvalue weighted by atomic mass is 28.3. The third-order valence-electron chi connectivity index (χ3n) is 5.31. The predicted octanol–water partition coefficient (Wildman–Crippen LogP) is 5.18. The van der Waals surface area contributed by atoms with Crippen LogP contribution in [0.25, 0.3) is 0 Å². The van der Waals surface area contributed by atoms with Crippen molar-refractivity contribution >= 4 is 8.07 Å². The van der Waals surface area contributed by atoms with E-state index in [1.807, 2.05) is 0 Å². The molecule has 0 saturated carbocycles. The van der Waals surface area contributed by atoms with E-state index in [1.54, 1.807) is 10.8 Å². The molecule has 1 atom stereocenters. The molecule has 0 N–H and O–H groups in total. The smallest absolute Gasteiger partial charge is 0.0809 e. The summed E-state index contributed by atoms with van der Waals surface area (Å²) in [6.07, 6.45) is 10.6. The van der Waals surface area contributed by atoms with Gasteiger partial charge >= 0.3 is 0 Å². The average Bonchev–Trinajstić information content (AvgIpc) is 2.85. The highest BCUT2D eigenvalue weighted by molar-refractivity contribution is 6.88. The third-order valence-corrected chi connectivity index (χ3v) is 10.4. The van der Waals surface area contributed by atoms with Crippen LogP contribution >= 0.6 is 0 Å². The lowest BCUT2D eigenvalue weighted by atomic mass is 10.0. The summed E-state index contributed by atoms with van der Waals surface area (Å²) in [5.41, 5.74) is 4.59. The summed E-state index contributed by atoms with van der Waals surface area (Å²) < 4.78 is 0. The summed E-state index contributed by atoms with van der Waals surface area (Å²) in [5, 5.41) is 2.00. The summed E-state index contributed by atoms with van der Waals surface area (Å²) in [6, 6.07) is 0. The Morgan fingerprint density at radius 1 is 1.18 bits per heavy atom. The van der Waals surface area contributed by atoms with Crippen molar-refractivity contribution in [2.75, 3.05) is 0 Å². The second-order valence-corrected chi connectivity index (χ2v) is 11.2. The monoisotopic (exact) mass is 244 g/mol. The lowest BCUT2D eigenvalue weighted by Gasteiger charge is -2.41. The first-order valence-electron chi connectivity index (χ1n) is 6.54. The predicted molar refractivity (Wildman–Crippen MR) is 79.8 cm³/mol. The van der Waals surface area contributed by atoms with Crippen molar-refractivity contribution in [3.05, 3.63) is 46.2 Å². The minimum Gasteiger partial charge on any atom is -0.0809 e. The fourth-order valence-corrected chi connectivity index (χ4v) is 6.74. The highest BCUT2D eigenvalue weighted by Crippen LogP contribution is 2.55. The molecule has 2 rings (SSSR count). The zero-order chi connectivity index (χ0) is 12.8. The molecule has 0 aliphatic heterocycles. The molecular formula is C16H24Si. The van der Waals surface area contributed by atoms with Crippen molar-refractivity contribution in [3.8, 4) is 0 Å². The second-order valence-electron chi connectivity index (χ2n) is 6.23. The highest BCUT2D eigenvalue weighted by Gasteiger charge is 2.47. The van der Waals surface area contributed by atoms with Crippen molar-refractivity contribution < 1.29 is 0 Å². The minimum atomic E-state index is -1.44. The summed E-state index contributed by atoms with van der Waals surface area (Å²) >= 11 is 0. The summed E-state index contributed by atoms with van der Waals surface area (Å²) in [4.78, 5) is 0. The molecule has 1 heteroatoms. The Bertz CT molecular complexity index is 472. The topological polar surface area (TPSA) is 0 Å². The molecule has 0 aromatic rings. The van der Waals surface area contributed by atoms with Gasteiger partial charge in [0.2, 0.25) is 0 Å². The fraction of sp³-hybridized carbons (Fsp3) is 0.500. The molecule has 0 amide bonds. The lowest BCUT2D eigenvalue weighted by molar-refractivity contribution is 0.850. The SMILES string of the molecule is CC1=CC(C)([Si](C)(C)C2=CC=CC2)C(C)=C1C. The molecule has 0 fully saturated rings. The van der Waals surface area contributed by atoms with Gasteiger partial charge in [-0.1, -0.05) is 60.7 Å². The molecule has 0 spiro atoms. The molecule has 0 nitrogen and oxygen atoms in total. The van der Waals surface area contributed by atoms with Crippen LogP contribution in [0.15, 0.2) is 46.2 Å². The van der Waals surface area contributed by atoms with E-state index in [2.05, 4.69) is 65.1 Å². The first kappa shape index (κ1) is 12.6. The van der Waals surface area contributed by atoms with Crippen LogP contribution < -0.4 is 0 Å². The van der Waals surface area contributed by atoms with Crippen LogP contribution in [0.3, 0.4) is 0 Å². The van der Waals surface area contributed by atoms with Gasteiger partial charge in [-0.2, -0.15) is 0 Å². The summed E-state index contributed by atoms with van der Waals surface area (Å²) in [7, 11) is -1.44. The van der Waals surface area contributed by atoms with Crippen molar-refractivity contribution in [1.29, 1.82) is 0 Å². The van der Waals surface area contributed by atoms with Crippen molar-refractivity contribution in [2.45, 2.75) is 52.2 Å². The van der Waals surface area contributed by atoms with Crippen LogP contribution in [-0.4, -0.2) is 8.07 Å². The Labute approximate surface area is 107 Å². The van der Waals surface area contributed by atoms with Crippen molar-refractivity contribution in [2.24, 2.45) is 0 Å². The third kappa shape index (κ3) is 1.63. The summed E-state index contributed by atoms with van der Waals surface area (Å²) in [6.45, 7) is 14.4. The van der Waals surface area contributed by atoms with E-state index in [-0.39, 0.29) is 0 Å². The van der Waals surface area contributed by atoms with Crippen LogP contribution in [0.1, 0.15) is 34.1 Å². The first-order valence-corrected chi connectivity index (χ1v) is 9.54. The fourth-order valence-electron chi connectivity index (χ4n) is 3.23. The minimum absolute atomic E-state index is 0.305. The Morgan fingerprint density at radius 2 is 1.82 bits per heavy atom. The van der Waals surface area contributed by atoms with Gasteiger partial charge in [-0.15, -0.1) is 0 Å². The molecule has 0 aromatic carbocycles. The largest absolute Gasteiger partial charge is 0.0900 e. The number of rotatable bonds is 2. The quantitative estimate of drug-likeness (QED) is 0.587. The van der Waals surface area contributed by atoms with Gasteiger partial charge in [-0.25, -0.2) is 0 Å². The van der Waals surface area contributed by atoms with Gasteiger partial charge in [-0.05, 0) is 32.8 Å². The Balaban J connectivity index is 2.47. The Morgan fingerprint density at radius 3 is 2.24 bits per heavy atom. The lowest BCUT2D eigenvalue weighted by Crippen LogP contribution is -2.42. The van der Waals surface area contributed by atoms with Crippen molar-refractivity contribution in [1.82, 2.24) is 0 Å². The molecular weight excluding hydrogens is 220 g/mol. The van der Waals surface area contributed by atoms with Gasteiger partial charge in [0.15, 0.2) is 0 Å². The maximum absolute atomic E-state index is 2.53. The molecule has 0 heterocycles. The second kappa shape index (κ2) is 3.84. The molecule has 0 saturated heterocycles. The Hall–Kier alpha value is -0.823. The molecule has 17 heavy (non-hydrogen) atoms. The summed E-state index contributed by atoms with van der Waals surface area (Å²) in [5.74, 6) is 0. The number of hydrogen-bond acceptors (Lipinski definition) is 0. The van der Waals surface area contributed by atoms with Gasteiger partial charge in [0.1, 0.15) is 0 Å². The molecule has 2 aliphatic rings. The van der Waals surface area contributed by atoms with Crippen LogP contribution in [0.5, 0.6) is 0 Å². The van der Waals surface area contributed by atoms with Gasteiger partial charge < -0.3 is 0 Å². The van der Waals surface area contributed by atoms with Crippen LogP contribution in [0.2, 0.25) is 18.1 Å². The maximum atomic E-state index is 2.53. The van der Waals surface area contributed by atoms with Gasteiger partial charge in [0.05, 0.1) is 8.07 Å². The zero-order valence-electron chi connectivity index (χ0n) is 12.0. The van der Waals surface area contributed by atoms with Crippen molar-refractivity contribution in [3.63, 3.8) is 0 Å². The van der Waals surface area contributed by atoms with E-state index in [0.29, 0.717) is 5.04 Å². The van der Waals surface area contributed by atoms with Crippen LogP contribution in [0.4, 0.5) is 0 Å². The van der Waals surface area contributed by atoms with E-state index < -0.39 is 8.07 Å². The molecule has 0 aromatic heterocycles. The molecule has 0 radical (unpaired) electrons. The van der Waals surface area contributed by atoms with E-state index >= 15 is 0 Å².